The van der Waals surface area contributed by atoms with Crippen LogP contribution in [0.15, 0.2) is 182 Å². The first-order valence-electron chi connectivity index (χ1n) is 17.7. The predicted octanol–water partition coefficient (Wildman–Crippen LogP) is 11.9. The molecule has 11 aromatic rings. The van der Waals surface area contributed by atoms with Gasteiger partial charge in [0.1, 0.15) is 0 Å². The summed E-state index contributed by atoms with van der Waals surface area (Å²) in [6.45, 7) is 0. The van der Waals surface area contributed by atoms with E-state index >= 15 is 0 Å². The number of anilines is 3. The second-order valence-corrected chi connectivity index (χ2v) is 14.4. The number of nitrogens with zero attached hydrogens (tertiary/aromatic N) is 3. The van der Waals surface area contributed by atoms with Crippen molar-refractivity contribution in [1.29, 1.82) is 0 Å². The number of para-hydroxylation sites is 3. The van der Waals surface area contributed by atoms with Crippen LogP contribution in [0.25, 0.3) is 76.7 Å². The summed E-state index contributed by atoms with van der Waals surface area (Å²) in [5.41, 5.74) is 13.0. The summed E-state index contributed by atoms with van der Waals surface area (Å²) < 4.78 is 6.06. The number of benzene rings is 8. The Kier molecular flexibility index (Phi) is 6.42. The van der Waals surface area contributed by atoms with E-state index < -0.39 is 0 Å². The third-order valence-corrected chi connectivity index (χ3v) is 11.4. The third kappa shape index (κ3) is 4.20. The van der Waals surface area contributed by atoms with Crippen molar-refractivity contribution in [2.45, 2.75) is 0 Å². The fourth-order valence-corrected chi connectivity index (χ4v) is 9.19. The zero-order valence-corrected chi connectivity index (χ0v) is 29.8. The van der Waals surface area contributed by atoms with Crippen molar-refractivity contribution in [2.75, 3.05) is 4.90 Å². The molecular formula is C48H30N3Se. The van der Waals surface area contributed by atoms with Gasteiger partial charge < -0.3 is 4.40 Å². The van der Waals surface area contributed by atoms with Crippen LogP contribution in [-0.4, -0.2) is 25.0 Å². The molecule has 0 aliphatic heterocycles. The Balaban J connectivity index is 1.12. The monoisotopic (exact) mass is 728 g/mol. The van der Waals surface area contributed by atoms with Crippen LogP contribution >= 0.6 is 0 Å². The quantitative estimate of drug-likeness (QED) is 0.161. The Hall–Kier alpha value is -6.32. The molecular weight excluding hydrogens is 698 g/mol. The summed E-state index contributed by atoms with van der Waals surface area (Å²) in [7, 11) is 0. The Bertz CT molecular complexity index is 3120. The molecule has 3 heterocycles. The molecule has 0 saturated heterocycles. The molecule has 4 heteroatoms. The molecule has 0 saturated carbocycles. The summed E-state index contributed by atoms with van der Waals surface area (Å²) >= 11 is 3.34. The van der Waals surface area contributed by atoms with Crippen LogP contribution in [0.4, 0.5) is 17.1 Å². The first-order chi connectivity index (χ1) is 25.7. The van der Waals surface area contributed by atoms with E-state index in [-0.39, 0.29) is 0 Å². The van der Waals surface area contributed by atoms with Gasteiger partial charge >= 0.3 is 224 Å². The molecule has 3 nitrogen and oxygen atoms in total. The Morgan fingerprint density at radius 1 is 0.404 bits per heavy atom. The van der Waals surface area contributed by atoms with E-state index in [1.165, 1.54) is 71.0 Å². The van der Waals surface area contributed by atoms with E-state index in [9.17, 15) is 0 Å². The zero-order chi connectivity index (χ0) is 34.3. The van der Waals surface area contributed by atoms with Gasteiger partial charge in [-0.2, -0.15) is 0 Å². The molecule has 1 radical (unpaired) electrons. The molecule has 8 aromatic carbocycles. The van der Waals surface area contributed by atoms with E-state index in [1.54, 1.807) is 0 Å². The molecule has 52 heavy (non-hydrogen) atoms. The van der Waals surface area contributed by atoms with E-state index in [0.717, 1.165) is 27.2 Å². The zero-order valence-electron chi connectivity index (χ0n) is 28.1. The summed E-state index contributed by atoms with van der Waals surface area (Å²) in [4.78, 5) is 2.33. The first kappa shape index (κ1) is 29.4. The average molecular weight is 728 g/mol. The van der Waals surface area contributed by atoms with Crippen LogP contribution < -0.4 is 9.36 Å². The van der Waals surface area contributed by atoms with E-state index in [1.807, 2.05) is 0 Å². The fraction of sp³-hybridized carbons (Fsp3) is 0. The average Bonchev–Trinajstić information content (AvgIpc) is 3.68. The normalized spacial score (nSPS) is 11.9. The second-order valence-electron chi connectivity index (χ2n) is 13.5. The van der Waals surface area contributed by atoms with E-state index in [0.29, 0.717) is 0 Å². The van der Waals surface area contributed by atoms with Gasteiger partial charge in [-0.25, -0.2) is 0 Å². The van der Waals surface area contributed by atoms with Crippen molar-refractivity contribution in [3.05, 3.63) is 182 Å². The number of rotatable bonds is 5. The van der Waals surface area contributed by atoms with Gasteiger partial charge in [0.2, 0.25) is 0 Å². The van der Waals surface area contributed by atoms with Crippen LogP contribution in [0.2, 0.25) is 0 Å². The van der Waals surface area contributed by atoms with Crippen LogP contribution in [0.3, 0.4) is 0 Å². The molecule has 0 aliphatic rings. The summed E-state index contributed by atoms with van der Waals surface area (Å²) in [5.74, 6) is 0. The van der Waals surface area contributed by atoms with E-state index in [2.05, 4.69) is 212 Å². The fourth-order valence-electron chi connectivity index (χ4n) is 8.55. The van der Waals surface area contributed by atoms with Gasteiger partial charge in [-0.05, 0) is 12.1 Å². The molecule has 3 aromatic heterocycles. The number of hydrogen-bond donors (Lipinski definition) is 0. The third-order valence-electron chi connectivity index (χ3n) is 10.7. The number of hydrogen-bond acceptors (Lipinski definition) is 1. The van der Waals surface area contributed by atoms with Gasteiger partial charge in [-0.15, -0.1) is 0 Å². The van der Waals surface area contributed by atoms with Gasteiger partial charge in [-0.3, -0.25) is 0 Å². The minimum atomic E-state index is 1.10. The van der Waals surface area contributed by atoms with Crippen LogP contribution in [0, 0.1) is 0 Å². The van der Waals surface area contributed by atoms with Crippen molar-refractivity contribution in [1.82, 2.24) is 8.97 Å². The molecule has 0 bridgehead atoms. The minimum absolute atomic E-state index is 1.10. The summed E-state index contributed by atoms with van der Waals surface area (Å²) in [6.07, 6.45) is 0. The van der Waals surface area contributed by atoms with Crippen molar-refractivity contribution in [3.63, 3.8) is 0 Å². The van der Waals surface area contributed by atoms with Gasteiger partial charge in [0.15, 0.2) is 0 Å². The van der Waals surface area contributed by atoms with Gasteiger partial charge in [0, 0.05) is 16.2 Å². The Morgan fingerprint density at radius 2 is 0.962 bits per heavy atom. The predicted molar refractivity (Wildman–Crippen MR) is 221 cm³/mol. The molecule has 243 valence electrons. The number of fused-ring (bicyclic) bond motifs is 5. The van der Waals surface area contributed by atoms with Crippen LogP contribution in [-0.2, 0) is 0 Å². The topological polar surface area (TPSA) is 12.6 Å². The van der Waals surface area contributed by atoms with Gasteiger partial charge in [-0.1, -0.05) is 42.5 Å². The van der Waals surface area contributed by atoms with Crippen molar-refractivity contribution in [3.8, 4) is 16.8 Å². The molecule has 0 atom stereocenters. The Labute approximate surface area is 308 Å². The van der Waals surface area contributed by atoms with Gasteiger partial charge in [0.25, 0.3) is 0 Å². The molecule has 0 aliphatic carbocycles. The second kappa shape index (κ2) is 11.3. The molecule has 0 spiro atoms. The molecule has 0 unspecified atom stereocenters. The number of aromatic nitrogens is 2. The van der Waals surface area contributed by atoms with Crippen molar-refractivity contribution < 1.29 is 0 Å². The molecule has 11 rings (SSSR count). The van der Waals surface area contributed by atoms with Crippen LogP contribution in [0.1, 0.15) is 0 Å². The molecule has 0 N–H and O–H groups in total. The summed E-state index contributed by atoms with van der Waals surface area (Å²) in [5, 5.41) is 7.71. The molecule has 0 amide bonds. The maximum absolute atomic E-state index is 3.34. The Morgan fingerprint density at radius 3 is 1.75 bits per heavy atom. The first-order valence-corrected chi connectivity index (χ1v) is 18.5. The van der Waals surface area contributed by atoms with Crippen molar-refractivity contribution >= 4 is 97.4 Å². The van der Waals surface area contributed by atoms with Gasteiger partial charge in [0.05, 0.1) is 11.0 Å². The standard InChI is InChI=1S/C48H30N3Se/c52-45-30-35(28-29-36(45)31-12-3-1-4-13-31)49(32-14-5-2-6-15-32)33-24-26-34(27-25-33)50-42-21-10-17-38-40-19-9-18-39-37-16-7-8-20-41(37)51(48(39)40)44-23-11-22-43(50)47(44)46(38)42/h1-30H. The summed E-state index contributed by atoms with van der Waals surface area (Å²) in [6, 6.07) is 66.1. The van der Waals surface area contributed by atoms with Crippen LogP contribution in [0.5, 0.6) is 0 Å². The van der Waals surface area contributed by atoms with Crippen molar-refractivity contribution in [2.24, 2.45) is 0 Å². The SMILES string of the molecule is [Se]c1cc(N(c2ccccc2)c2ccc(-n3c4cccc5c6cccc7c8ccccc8n(c8cccc3c8c54)c67)cc2)ccc1-c1ccccc1. The van der Waals surface area contributed by atoms with E-state index in [4.69, 9.17) is 0 Å². The molecule has 0 fully saturated rings. The maximum atomic E-state index is 3.34.